The highest BCUT2D eigenvalue weighted by atomic mass is 32.1. The van der Waals surface area contributed by atoms with Gasteiger partial charge in [-0.2, -0.15) is 0 Å². The highest BCUT2D eigenvalue weighted by Gasteiger charge is 2.01. The van der Waals surface area contributed by atoms with Gasteiger partial charge in [0.2, 0.25) is 5.91 Å². The van der Waals surface area contributed by atoms with Crippen LogP contribution in [0.3, 0.4) is 0 Å². The molecule has 0 aliphatic rings. The molecule has 1 aromatic heterocycles. The van der Waals surface area contributed by atoms with Crippen molar-refractivity contribution >= 4 is 17.4 Å². The lowest BCUT2D eigenvalue weighted by Crippen LogP contribution is -2.15. The van der Waals surface area contributed by atoms with Crippen LogP contribution in [0.5, 0.6) is 0 Å². The number of carbonyl (C=O) groups excluding carboxylic acids is 1. The molecule has 0 saturated heterocycles. The Morgan fingerprint density at radius 2 is 2.29 bits per heavy atom. The average molecular weight is 248 g/mol. The van der Waals surface area contributed by atoms with Gasteiger partial charge in [-0.25, -0.2) is 0 Å². The van der Waals surface area contributed by atoms with Crippen LogP contribution in [0.1, 0.15) is 21.6 Å². The summed E-state index contributed by atoms with van der Waals surface area (Å²) >= 11 is 1.33. The van der Waals surface area contributed by atoms with Gasteiger partial charge in [0.15, 0.2) is 0 Å². The van der Waals surface area contributed by atoms with E-state index in [0.717, 1.165) is 11.3 Å². The standard InChI is InChI=1S/C11H12N4OS/c12-11(16)9-3-1-2-8(4-9)5-13-6-10-7-17-15-14-10/h1-4,7,13H,5-6H2,(H2,12,16). The quantitative estimate of drug-likeness (QED) is 0.824. The Labute approximate surface area is 103 Å². The molecule has 88 valence electrons. The van der Waals surface area contributed by atoms with Gasteiger partial charge in [0.1, 0.15) is 0 Å². The van der Waals surface area contributed by atoms with Crippen LogP contribution >= 0.6 is 11.5 Å². The van der Waals surface area contributed by atoms with Crippen molar-refractivity contribution in [1.29, 1.82) is 0 Å². The maximum Gasteiger partial charge on any atom is 0.248 e. The van der Waals surface area contributed by atoms with Crippen molar-refractivity contribution in [3.05, 3.63) is 46.5 Å². The number of nitrogens with one attached hydrogen (secondary N) is 1. The van der Waals surface area contributed by atoms with E-state index in [1.807, 2.05) is 17.5 Å². The van der Waals surface area contributed by atoms with Crippen molar-refractivity contribution in [2.24, 2.45) is 5.73 Å². The maximum atomic E-state index is 11.0. The van der Waals surface area contributed by atoms with Crippen molar-refractivity contribution in [3.63, 3.8) is 0 Å². The van der Waals surface area contributed by atoms with Gasteiger partial charge in [-0.3, -0.25) is 4.79 Å². The lowest BCUT2D eigenvalue weighted by molar-refractivity contribution is 0.1000. The molecular weight excluding hydrogens is 236 g/mol. The van der Waals surface area contributed by atoms with Gasteiger partial charge >= 0.3 is 0 Å². The molecule has 0 atom stereocenters. The van der Waals surface area contributed by atoms with Gasteiger partial charge in [-0.1, -0.05) is 16.6 Å². The number of hydrogen-bond acceptors (Lipinski definition) is 5. The van der Waals surface area contributed by atoms with Crippen molar-refractivity contribution < 1.29 is 4.79 Å². The number of carbonyl (C=O) groups is 1. The van der Waals surface area contributed by atoms with Gasteiger partial charge in [-0.15, -0.1) is 5.10 Å². The second kappa shape index (κ2) is 5.51. The second-order valence-electron chi connectivity index (χ2n) is 3.56. The van der Waals surface area contributed by atoms with Gasteiger partial charge < -0.3 is 11.1 Å². The Bertz CT molecular complexity index is 498. The van der Waals surface area contributed by atoms with E-state index in [0.29, 0.717) is 18.7 Å². The predicted molar refractivity (Wildman–Crippen MR) is 65.4 cm³/mol. The molecule has 3 N–H and O–H groups in total. The molecule has 0 unspecified atom stereocenters. The Balaban J connectivity index is 1.90. The fourth-order valence-electron chi connectivity index (χ4n) is 1.43. The van der Waals surface area contributed by atoms with E-state index in [9.17, 15) is 4.79 Å². The molecule has 0 aliphatic carbocycles. The molecule has 1 aromatic carbocycles. The molecule has 2 rings (SSSR count). The molecule has 5 nitrogen and oxygen atoms in total. The molecule has 0 spiro atoms. The summed E-state index contributed by atoms with van der Waals surface area (Å²) < 4.78 is 3.78. The first-order valence-corrected chi connectivity index (χ1v) is 5.95. The number of benzene rings is 1. The third-order valence-electron chi connectivity index (χ3n) is 2.25. The second-order valence-corrected chi connectivity index (χ2v) is 4.17. The van der Waals surface area contributed by atoms with E-state index in [4.69, 9.17) is 5.73 Å². The first-order valence-electron chi connectivity index (χ1n) is 5.11. The van der Waals surface area contributed by atoms with Gasteiger partial charge in [0.05, 0.1) is 5.69 Å². The van der Waals surface area contributed by atoms with Crippen molar-refractivity contribution in [1.82, 2.24) is 14.9 Å². The summed E-state index contributed by atoms with van der Waals surface area (Å²) in [5, 5.41) is 9.04. The Hall–Kier alpha value is -1.79. The summed E-state index contributed by atoms with van der Waals surface area (Å²) in [6, 6.07) is 7.26. The summed E-state index contributed by atoms with van der Waals surface area (Å²) in [7, 11) is 0. The van der Waals surface area contributed by atoms with E-state index in [-0.39, 0.29) is 0 Å². The zero-order valence-corrected chi connectivity index (χ0v) is 9.91. The molecule has 1 amide bonds. The first kappa shape index (κ1) is 11.7. The molecule has 0 aliphatic heterocycles. The molecule has 6 heteroatoms. The molecule has 0 radical (unpaired) electrons. The Morgan fingerprint density at radius 1 is 1.41 bits per heavy atom. The monoisotopic (exact) mass is 248 g/mol. The minimum Gasteiger partial charge on any atom is -0.366 e. The van der Waals surface area contributed by atoms with Gasteiger partial charge in [-0.05, 0) is 29.2 Å². The maximum absolute atomic E-state index is 11.0. The number of nitrogens with two attached hydrogens (primary N) is 1. The molecule has 0 bridgehead atoms. The average Bonchev–Trinajstić information content (AvgIpc) is 2.82. The van der Waals surface area contributed by atoms with E-state index >= 15 is 0 Å². The van der Waals surface area contributed by atoms with E-state index in [1.54, 1.807) is 12.1 Å². The fourth-order valence-corrected chi connectivity index (χ4v) is 1.88. The van der Waals surface area contributed by atoms with Crippen LogP contribution in [0.4, 0.5) is 0 Å². The number of rotatable bonds is 5. The van der Waals surface area contributed by atoms with Crippen LogP contribution in [-0.4, -0.2) is 15.5 Å². The zero-order valence-electron chi connectivity index (χ0n) is 9.09. The van der Waals surface area contributed by atoms with Crippen LogP contribution in [0.15, 0.2) is 29.6 Å². The van der Waals surface area contributed by atoms with Gasteiger partial charge in [0.25, 0.3) is 0 Å². The lowest BCUT2D eigenvalue weighted by Gasteiger charge is -2.04. The number of amides is 1. The van der Waals surface area contributed by atoms with Crippen molar-refractivity contribution in [3.8, 4) is 0 Å². The molecule has 17 heavy (non-hydrogen) atoms. The SMILES string of the molecule is NC(=O)c1cccc(CNCc2csnn2)c1. The predicted octanol–water partition coefficient (Wildman–Crippen LogP) is 0.927. The highest BCUT2D eigenvalue weighted by Crippen LogP contribution is 2.05. The van der Waals surface area contributed by atoms with Crippen molar-refractivity contribution in [2.75, 3.05) is 0 Å². The van der Waals surface area contributed by atoms with Crippen LogP contribution in [0.25, 0.3) is 0 Å². The minimum atomic E-state index is -0.407. The van der Waals surface area contributed by atoms with Crippen LogP contribution in [-0.2, 0) is 13.1 Å². The number of hydrogen-bond donors (Lipinski definition) is 2. The topological polar surface area (TPSA) is 80.9 Å². The number of nitrogens with zero attached hydrogens (tertiary/aromatic N) is 2. The van der Waals surface area contributed by atoms with E-state index in [1.165, 1.54) is 11.5 Å². The lowest BCUT2D eigenvalue weighted by atomic mass is 10.1. The Morgan fingerprint density at radius 3 is 3.00 bits per heavy atom. The van der Waals surface area contributed by atoms with Crippen LogP contribution in [0.2, 0.25) is 0 Å². The normalized spacial score (nSPS) is 10.4. The van der Waals surface area contributed by atoms with Crippen LogP contribution in [0, 0.1) is 0 Å². The smallest absolute Gasteiger partial charge is 0.248 e. The largest absolute Gasteiger partial charge is 0.366 e. The number of aromatic nitrogens is 2. The molecule has 1 heterocycles. The summed E-state index contributed by atoms with van der Waals surface area (Å²) in [5.41, 5.74) is 7.68. The number of primary amides is 1. The molecule has 0 fully saturated rings. The Kier molecular flexibility index (Phi) is 3.79. The first-order chi connectivity index (χ1) is 8.25. The summed E-state index contributed by atoms with van der Waals surface area (Å²) in [6.07, 6.45) is 0. The van der Waals surface area contributed by atoms with E-state index in [2.05, 4.69) is 14.9 Å². The summed E-state index contributed by atoms with van der Waals surface area (Å²) in [4.78, 5) is 11.0. The van der Waals surface area contributed by atoms with Crippen molar-refractivity contribution in [2.45, 2.75) is 13.1 Å². The minimum absolute atomic E-state index is 0.407. The fraction of sp³-hybridized carbons (Fsp3) is 0.182. The third kappa shape index (κ3) is 3.33. The zero-order chi connectivity index (χ0) is 12.1. The highest BCUT2D eigenvalue weighted by molar-refractivity contribution is 7.03. The van der Waals surface area contributed by atoms with Crippen LogP contribution < -0.4 is 11.1 Å². The molecule has 0 saturated carbocycles. The summed E-state index contributed by atoms with van der Waals surface area (Å²) in [5.74, 6) is -0.407. The third-order valence-corrected chi connectivity index (χ3v) is 2.81. The molecular formula is C11H12N4OS. The van der Waals surface area contributed by atoms with Gasteiger partial charge in [0, 0.05) is 24.0 Å². The van der Waals surface area contributed by atoms with E-state index < -0.39 is 5.91 Å². The molecule has 2 aromatic rings. The summed E-state index contributed by atoms with van der Waals surface area (Å²) in [6.45, 7) is 1.33.